The first kappa shape index (κ1) is 14.7. The molecule has 1 atom stereocenters. The van der Waals surface area contributed by atoms with Crippen LogP contribution in [-0.4, -0.2) is 48.1 Å². The van der Waals surface area contributed by atoms with Gasteiger partial charge in [0.1, 0.15) is 0 Å². The molecule has 0 aromatic carbocycles. The molecular weight excluding hydrogens is 240 g/mol. The van der Waals surface area contributed by atoms with Crippen molar-refractivity contribution in [2.45, 2.75) is 57.5 Å². The first-order valence-electron chi connectivity index (χ1n) is 7.65. The Labute approximate surface area is 117 Å². The van der Waals surface area contributed by atoms with E-state index in [1.54, 1.807) is 0 Å². The van der Waals surface area contributed by atoms with Gasteiger partial charge in [-0.15, -0.1) is 0 Å². The zero-order chi connectivity index (χ0) is 13.0. The molecule has 3 heteroatoms. The van der Waals surface area contributed by atoms with Gasteiger partial charge in [0.25, 0.3) is 0 Å². The lowest BCUT2D eigenvalue weighted by atomic mass is 9.88. The highest BCUT2D eigenvalue weighted by Gasteiger charge is 2.43. The van der Waals surface area contributed by atoms with Crippen LogP contribution >= 0.6 is 11.8 Å². The third kappa shape index (κ3) is 3.23. The van der Waals surface area contributed by atoms with E-state index in [4.69, 9.17) is 0 Å². The van der Waals surface area contributed by atoms with Crippen LogP contribution in [0.2, 0.25) is 0 Å². The van der Waals surface area contributed by atoms with Crippen molar-refractivity contribution in [1.82, 2.24) is 10.2 Å². The Bertz CT molecular complexity index is 249. The standard InChI is InChI=1S/C15H30N2S/c1-13(2)14-11-17(9-6-10-18-3)15(12-16-14)7-4-5-8-15/h13-14,16H,4-12H2,1-3H3. The Morgan fingerprint density at radius 3 is 2.67 bits per heavy atom. The van der Waals surface area contributed by atoms with E-state index in [-0.39, 0.29) is 0 Å². The minimum absolute atomic E-state index is 0.518. The van der Waals surface area contributed by atoms with Gasteiger partial charge in [-0.2, -0.15) is 11.8 Å². The summed E-state index contributed by atoms with van der Waals surface area (Å²) in [6.07, 6.45) is 9.29. The molecule has 1 N–H and O–H groups in total. The van der Waals surface area contributed by atoms with Crippen LogP contribution in [0, 0.1) is 5.92 Å². The summed E-state index contributed by atoms with van der Waals surface area (Å²) < 4.78 is 0. The molecule has 1 heterocycles. The molecule has 1 aliphatic carbocycles. The molecule has 1 saturated carbocycles. The third-order valence-electron chi connectivity index (χ3n) is 4.90. The van der Waals surface area contributed by atoms with Crippen molar-refractivity contribution in [3.63, 3.8) is 0 Å². The molecule has 0 radical (unpaired) electrons. The second-order valence-corrected chi connectivity index (χ2v) is 7.44. The largest absolute Gasteiger partial charge is 0.311 e. The van der Waals surface area contributed by atoms with Crippen molar-refractivity contribution < 1.29 is 0 Å². The second kappa shape index (κ2) is 6.62. The number of rotatable bonds is 5. The van der Waals surface area contributed by atoms with Gasteiger partial charge in [-0.25, -0.2) is 0 Å². The summed E-state index contributed by atoms with van der Waals surface area (Å²) in [5.74, 6) is 2.07. The minimum atomic E-state index is 0.518. The molecular formula is C15H30N2S. The lowest BCUT2D eigenvalue weighted by Crippen LogP contribution is -2.64. The lowest BCUT2D eigenvalue weighted by Gasteiger charge is -2.49. The van der Waals surface area contributed by atoms with Gasteiger partial charge in [-0.1, -0.05) is 26.7 Å². The highest BCUT2D eigenvalue weighted by molar-refractivity contribution is 7.98. The molecule has 0 amide bonds. The van der Waals surface area contributed by atoms with Gasteiger partial charge in [-0.05, 0) is 43.7 Å². The summed E-state index contributed by atoms with van der Waals surface area (Å²) in [6, 6.07) is 0.700. The number of hydrogen-bond donors (Lipinski definition) is 1. The second-order valence-electron chi connectivity index (χ2n) is 6.46. The molecule has 106 valence electrons. The van der Waals surface area contributed by atoms with Gasteiger partial charge in [0, 0.05) is 24.7 Å². The summed E-state index contributed by atoms with van der Waals surface area (Å²) in [5, 5.41) is 3.82. The average molecular weight is 270 g/mol. The van der Waals surface area contributed by atoms with Crippen molar-refractivity contribution in [3.05, 3.63) is 0 Å². The summed E-state index contributed by atoms with van der Waals surface area (Å²) in [6.45, 7) is 8.52. The molecule has 0 aromatic rings. The number of hydrogen-bond acceptors (Lipinski definition) is 3. The highest BCUT2D eigenvalue weighted by atomic mass is 32.2. The zero-order valence-corrected chi connectivity index (χ0v) is 13.2. The van der Waals surface area contributed by atoms with E-state index in [0.717, 1.165) is 5.92 Å². The fourth-order valence-electron chi connectivity index (χ4n) is 3.63. The van der Waals surface area contributed by atoms with Crippen LogP contribution in [0.3, 0.4) is 0 Å². The van der Waals surface area contributed by atoms with Crippen molar-refractivity contribution in [3.8, 4) is 0 Å². The van der Waals surface area contributed by atoms with Crippen molar-refractivity contribution >= 4 is 11.8 Å². The summed E-state index contributed by atoms with van der Waals surface area (Å²) in [4.78, 5) is 2.84. The van der Waals surface area contributed by atoms with E-state index in [1.807, 2.05) is 11.8 Å². The maximum Gasteiger partial charge on any atom is 0.0334 e. The molecule has 1 spiro atoms. The normalized spacial score (nSPS) is 28.3. The van der Waals surface area contributed by atoms with Crippen LogP contribution in [0.5, 0.6) is 0 Å². The Morgan fingerprint density at radius 2 is 2.06 bits per heavy atom. The van der Waals surface area contributed by atoms with Gasteiger partial charge in [0.2, 0.25) is 0 Å². The van der Waals surface area contributed by atoms with Gasteiger partial charge < -0.3 is 5.32 Å². The summed E-state index contributed by atoms with van der Waals surface area (Å²) >= 11 is 1.99. The fraction of sp³-hybridized carbons (Fsp3) is 1.00. The van der Waals surface area contributed by atoms with Gasteiger partial charge in [-0.3, -0.25) is 4.90 Å². The fourth-order valence-corrected chi connectivity index (χ4v) is 4.05. The first-order valence-corrected chi connectivity index (χ1v) is 9.05. The van der Waals surface area contributed by atoms with Gasteiger partial charge in [0.15, 0.2) is 0 Å². The summed E-state index contributed by atoms with van der Waals surface area (Å²) in [7, 11) is 0. The van der Waals surface area contributed by atoms with Crippen molar-refractivity contribution in [2.24, 2.45) is 5.92 Å². The van der Waals surface area contributed by atoms with E-state index in [9.17, 15) is 0 Å². The predicted molar refractivity (Wildman–Crippen MR) is 82.4 cm³/mol. The van der Waals surface area contributed by atoms with E-state index in [1.165, 1.54) is 57.5 Å². The van der Waals surface area contributed by atoms with E-state index in [0.29, 0.717) is 11.6 Å². The Balaban J connectivity index is 1.96. The maximum atomic E-state index is 3.82. The van der Waals surface area contributed by atoms with Crippen LogP contribution in [-0.2, 0) is 0 Å². The first-order chi connectivity index (χ1) is 8.68. The summed E-state index contributed by atoms with van der Waals surface area (Å²) in [5.41, 5.74) is 0.518. The third-order valence-corrected chi connectivity index (χ3v) is 5.59. The van der Waals surface area contributed by atoms with E-state index >= 15 is 0 Å². The number of nitrogens with one attached hydrogen (secondary N) is 1. The molecule has 1 unspecified atom stereocenters. The molecule has 0 bridgehead atoms. The van der Waals surface area contributed by atoms with Crippen LogP contribution in [0.1, 0.15) is 46.0 Å². The number of piperazine rings is 1. The molecule has 0 aromatic heterocycles. The topological polar surface area (TPSA) is 15.3 Å². The minimum Gasteiger partial charge on any atom is -0.311 e. The SMILES string of the molecule is CSCCCN1CC(C(C)C)NCC12CCCC2. The van der Waals surface area contributed by atoms with Crippen LogP contribution in [0.25, 0.3) is 0 Å². The Kier molecular flexibility index (Phi) is 5.40. The van der Waals surface area contributed by atoms with Crippen molar-refractivity contribution in [2.75, 3.05) is 31.6 Å². The van der Waals surface area contributed by atoms with Gasteiger partial charge in [0.05, 0.1) is 0 Å². The quantitative estimate of drug-likeness (QED) is 0.773. The Hall–Kier alpha value is 0.270. The monoisotopic (exact) mass is 270 g/mol. The Morgan fingerprint density at radius 1 is 1.33 bits per heavy atom. The van der Waals surface area contributed by atoms with Crippen LogP contribution in [0.4, 0.5) is 0 Å². The molecule has 1 aliphatic heterocycles. The average Bonchev–Trinajstić information content (AvgIpc) is 2.81. The molecule has 2 nitrogen and oxygen atoms in total. The highest BCUT2D eigenvalue weighted by Crippen LogP contribution is 2.37. The smallest absolute Gasteiger partial charge is 0.0334 e. The van der Waals surface area contributed by atoms with Crippen LogP contribution in [0.15, 0.2) is 0 Å². The maximum absolute atomic E-state index is 3.82. The number of nitrogens with zero attached hydrogens (tertiary/aromatic N) is 1. The molecule has 18 heavy (non-hydrogen) atoms. The molecule has 1 saturated heterocycles. The molecule has 2 fully saturated rings. The molecule has 2 aliphatic rings. The number of thioether (sulfide) groups is 1. The van der Waals surface area contributed by atoms with E-state index < -0.39 is 0 Å². The lowest BCUT2D eigenvalue weighted by molar-refractivity contribution is 0.0334. The zero-order valence-electron chi connectivity index (χ0n) is 12.4. The predicted octanol–water partition coefficient (Wildman–Crippen LogP) is 2.98. The molecule has 2 rings (SSSR count). The van der Waals surface area contributed by atoms with Gasteiger partial charge >= 0.3 is 0 Å². The van der Waals surface area contributed by atoms with Crippen LogP contribution < -0.4 is 5.32 Å². The van der Waals surface area contributed by atoms with Crippen molar-refractivity contribution in [1.29, 1.82) is 0 Å². The van der Waals surface area contributed by atoms with E-state index in [2.05, 4.69) is 30.3 Å².